The molecule has 0 saturated carbocycles. The van der Waals surface area contributed by atoms with E-state index in [1.807, 2.05) is 18.2 Å². The predicted molar refractivity (Wildman–Crippen MR) is 51.9 cm³/mol. The Hall–Kier alpha value is -0.860. The maximum Gasteiger partial charge on any atom is 0.158 e. The van der Waals surface area contributed by atoms with E-state index in [4.69, 9.17) is 16.7 Å². The number of hydrogen-bond donors (Lipinski definition) is 1. The SMILES string of the molecule is O=C(CO)CCc1cccc(Cl)c1. The van der Waals surface area contributed by atoms with Crippen molar-refractivity contribution in [2.75, 3.05) is 6.61 Å². The molecule has 0 fully saturated rings. The number of hydrogen-bond acceptors (Lipinski definition) is 2. The van der Waals surface area contributed by atoms with Gasteiger partial charge >= 0.3 is 0 Å². The second kappa shape index (κ2) is 5.00. The highest BCUT2D eigenvalue weighted by Gasteiger charge is 2.00. The van der Waals surface area contributed by atoms with E-state index in [1.54, 1.807) is 6.07 Å². The van der Waals surface area contributed by atoms with Gasteiger partial charge in [-0.1, -0.05) is 23.7 Å². The van der Waals surface area contributed by atoms with Gasteiger partial charge in [0.25, 0.3) is 0 Å². The minimum absolute atomic E-state index is 0.139. The summed E-state index contributed by atoms with van der Waals surface area (Å²) in [5.41, 5.74) is 1.02. The first kappa shape index (κ1) is 10.2. The Morgan fingerprint density at radius 1 is 1.46 bits per heavy atom. The molecule has 0 aliphatic rings. The molecule has 0 saturated heterocycles. The molecule has 1 N–H and O–H groups in total. The van der Waals surface area contributed by atoms with Crippen LogP contribution < -0.4 is 0 Å². The van der Waals surface area contributed by atoms with Crippen LogP contribution >= 0.6 is 11.6 Å². The van der Waals surface area contributed by atoms with Gasteiger partial charge in [0.1, 0.15) is 6.61 Å². The largest absolute Gasteiger partial charge is 0.389 e. The molecular formula is C10H11ClO2. The van der Waals surface area contributed by atoms with Crippen molar-refractivity contribution in [2.24, 2.45) is 0 Å². The van der Waals surface area contributed by atoms with Crippen LogP contribution in [-0.4, -0.2) is 17.5 Å². The molecule has 1 aromatic rings. The molecule has 0 aliphatic carbocycles. The Balaban J connectivity index is 2.50. The first-order chi connectivity index (χ1) is 6.22. The number of benzene rings is 1. The Morgan fingerprint density at radius 3 is 2.85 bits per heavy atom. The lowest BCUT2D eigenvalue weighted by Crippen LogP contribution is -2.04. The maximum atomic E-state index is 10.8. The molecule has 0 spiro atoms. The predicted octanol–water partition coefficient (Wildman–Crippen LogP) is 1.83. The highest BCUT2D eigenvalue weighted by molar-refractivity contribution is 6.30. The maximum absolute atomic E-state index is 10.8. The van der Waals surface area contributed by atoms with Crippen molar-refractivity contribution in [3.8, 4) is 0 Å². The summed E-state index contributed by atoms with van der Waals surface area (Å²) in [6.45, 7) is -0.374. The summed E-state index contributed by atoms with van der Waals surface area (Å²) >= 11 is 5.76. The fraction of sp³-hybridized carbons (Fsp3) is 0.300. The van der Waals surface area contributed by atoms with Crippen LogP contribution in [0.15, 0.2) is 24.3 Å². The fourth-order valence-electron chi connectivity index (χ4n) is 1.06. The third kappa shape index (κ3) is 3.57. The fourth-order valence-corrected chi connectivity index (χ4v) is 1.27. The Labute approximate surface area is 82.2 Å². The van der Waals surface area contributed by atoms with E-state index in [0.717, 1.165) is 5.56 Å². The van der Waals surface area contributed by atoms with Gasteiger partial charge in [0.05, 0.1) is 0 Å². The molecule has 0 heterocycles. The lowest BCUT2D eigenvalue weighted by atomic mass is 10.1. The molecule has 1 aromatic carbocycles. The van der Waals surface area contributed by atoms with Crippen LogP contribution in [0.5, 0.6) is 0 Å². The topological polar surface area (TPSA) is 37.3 Å². The molecule has 2 nitrogen and oxygen atoms in total. The van der Waals surface area contributed by atoms with Gasteiger partial charge in [-0.3, -0.25) is 4.79 Å². The highest BCUT2D eigenvalue weighted by atomic mass is 35.5. The average Bonchev–Trinajstić information content (AvgIpc) is 2.14. The molecule has 0 bridgehead atoms. The van der Waals surface area contributed by atoms with Gasteiger partial charge in [-0.2, -0.15) is 0 Å². The van der Waals surface area contributed by atoms with Crippen molar-refractivity contribution >= 4 is 17.4 Å². The summed E-state index contributed by atoms with van der Waals surface area (Å²) in [5.74, 6) is -0.139. The molecule has 1 rings (SSSR count). The molecule has 13 heavy (non-hydrogen) atoms. The molecule has 0 radical (unpaired) electrons. The van der Waals surface area contributed by atoms with E-state index in [9.17, 15) is 4.79 Å². The number of ketones is 1. The summed E-state index contributed by atoms with van der Waals surface area (Å²) in [6.07, 6.45) is 1.01. The number of Topliss-reactive ketones (excluding diaryl/α,β-unsaturated/α-hetero) is 1. The Morgan fingerprint density at radius 2 is 2.23 bits per heavy atom. The van der Waals surface area contributed by atoms with E-state index in [1.165, 1.54) is 0 Å². The first-order valence-corrected chi connectivity index (χ1v) is 4.47. The molecule has 0 unspecified atom stereocenters. The summed E-state index contributed by atoms with van der Waals surface area (Å²) in [7, 11) is 0. The molecule has 0 atom stereocenters. The first-order valence-electron chi connectivity index (χ1n) is 4.09. The lowest BCUT2D eigenvalue weighted by molar-refractivity contribution is -0.121. The Kier molecular flexibility index (Phi) is 3.93. The van der Waals surface area contributed by atoms with Gasteiger partial charge < -0.3 is 5.11 Å². The summed E-state index contributed by atoms with van der Waals surface area (Å²) in [6, 6.07) is 7.38. The van der Waals surface area contributed by atoms with E-state index in [0.29, 0.717) is 17.9 Å². The van der Waals surface area contributed by atoms with Crippen LogP contribution in [0.1, 0.15) is 12.0 Å². The average molecular weight is 199 g/mol. The van der Waals surface area contributed by atoms with E-state index in [-0.39, 0.29) is 12.4 Å². The summed E-state index contributed by atoms with van der Waals surface area (Å²) in [4.78, 5) is 10.8. The smallest absolute Gasteiger partial charge is 0.158 e. The molecular weight excluding hydrogens is 188 g/mol. The molecule has 0 aliphatic heterocycles. The van der Waals surface area contributed by atoms with E-state index >= 15 is 0 Å². The number of carbonyl (C=O) groups excluding carboxylic acids is 1. The number of halogens is 1. The van der Waals surface area contributed by atoms with Gasteiger partial charge in [0, 0.05) is 11.4 Å². The van der Waals surface area contributed by atoms with Crippen molar-refractivity contribution in [3.05, 3.63) is 34.9 Å². The quantitative estimate of drug-likeness (QED) is 0.802. The summed E-state index contributed by atoms with van der Waals surface area (Å²) in [5, 5.41) is 9.17. The lowest BCUT2D eigenvalue weighted by Gasteiger charge is -1.99. The minimum Gasteiger partial charge on any atom is -0.389 e. The monoisotopic (exact) mass is 198 g/mol. The highest BCUT2D eigenvalue weighted by Crippen LogP contribution is 2.12. The zero-order chi connectivity index (χ0) is 9.68. The third-order valence-electron chi connectivity index (χ3n) is 1.76. The van der Waals surface area contributed by atoms with Crippen molar-refractivity contribution < 1.29 is 9.90 Å². The van der Waals surface area contributed by atoms with Gasteiger partial charge in [0.2, 0.25) is 0 Å². The van der Waals surface area contributed by atoms with Crippen molar-refractivity contribution in [3.63, 3.8) is 0 Å². The number of aliphatic hydroxyl groups is 1. The van der Waals surface area contributed by atoms with Crippen LogP contribution in [0.2, 0.25) is 5.02 Å². The van der Waals surface area contributed by atoms with Gasteiger partial charge in [-0.25, -0.2) is 0 Å². The van der Waals surface area contributed by atoms with E-state index < -0.39 is 0 Å². The number of aliphatic hydroxyl groups excluding tert-OH is 1. The molecule has 3 heteroatoms. The standard InChI is InChI=1S/C10H11ClO2/c11-9-3-1-2-8(6-9)4-5-10(13)7-12/h1-3,6,12H,4-5,7H2. The van der Waals surface area contributed by atoms with Crippen LogP contribution in [-0.2, 0) is 11.2 Å². The third-order valence-corrected chi connectivity index (χ3v) is 1.99. The number of carbonyl (C=O) groups is 1. The minimum atomic E-state index is -0.374. The van der Waals surface area contributed by atoms with E-state index in [2.05, 4.69) is 0 Å². The van der Waals surface area contributed by atoms with Gasteiger partial charge in [0.15, 0.2) is 5.78 Å². The molecule has 0 amide bonds. The van der Waals surface area contributed by atoms with Gasteiger partial charge in [-0.05, 0) is 24.1 Å². The van der Waals surface area contributed by atoms with Crippen molar-refractivity contribution in [1.29, 1.82) is 0 Å². The van der Waals surface area contributed by atoms with Crippen molar-refractivity contribution in [2.45, 2.75) is 12.8 Å². The zero-order valence-electron chi connectivity index (χ0n) is 7.16. The van der Waals surface area contributed by atoms with Crippen LogP contribution in [0.25, 0.3) is 0 Å². The Bertz CT molecular complexity index is 297. The van der Waals surface area contributed by atoms with Crippen LogP contribution in [0.4, 0.5) is 0 Å². The second-order valence-electron chi connectivity index (χ2n) is 2.83. The van der Waals surface area contributed by atoms with Gasteiger partial charge in [-0.15, -0.1) is 0 Å². The normalized spacial score (nSPS) is 10.0. The second-order valence-corrected chi connectivity index (χ2v) is 3.26. The number of aryl methyl sites for hydroxylation is 1. The van der Waals surface area contributed by atoms with Crippen molar-refractivity contribution in [1.82, 2.24) is 0 Å². The molecule has 0 aromatic heterocycles. The van der Waals surface area contributed by atoms with Crippen LogP contribution in [0, 0.1) is 0 Å². The zero-order valence-corrected chi connectivity index (χ0v) is 7.92. The molecule has 70 valence electrons. The van der Waals surface area contributed by atoms with Crippen LogP contribution in [0.3, 0.4) is 0 Å². The number of rotatable bonds is 4. The summed E-state index contributed by atoms with van der Waals surface area (Å²) < 4.78 is 0.